The first kappa shape index (κ1) is 20.1. The number of rotatable bonds is 3. The van der Waals surface area contributed by atoms with E-state index in [0.29, 0.717) is 54.1 Å². The molecule has 0 saturated carbocycles. The van der Waals surface area contributed by atoms with Crippen LogP contribution in [0.2, 0.25) is 5.02 Å². The molecule has 1 aromatic heterocycles. The van der Waals surface area contributed by atoms with E-state index in [1.165, 1.54) is 6.20 Å². The number of benzene rings is 2. The topological polar surface area (TPSA) is 75.5 Å². The van der Waals surface area contributed by atoms with Crippen LogP contribution in [0.25, 0.3) is 10.9 Å². The molecule has 1 aliphatic heterocycles. The zero-order valence-corrected chi connectivity index (χ0v) is 17.1. The predicted octanol–water partition coefficient (Wildman–Crippen LogP) is 2.42. The number of fused-ring (bicyclic) bond motifs is 1. The highest BCUT2D eigenvalue weighted by molar-refractivity contribution is 6.33. The third-order valence-electron chi connectivity index (χ3n) is 5.29. The van der Waals surface area contributed by atoms with Crippen LogP contribution >= 0.6 is 11.6 Å². The smallest absolute Gasteiger partial charge is 0.255 e. The second-order valence-electron chi connectivity index (χ2n) is 7.19. The van der Waals surface area contributed by atoms with Crippen LogP contribution in [0, 0.1) is 0 Å². The highest BCUT2D eigenvalue weighted by atomic mass is 35.5. The van der Waals surface area contributed by atoms with Crippen molar-refractivity contribution in [2.24, 2.45) is 0 Å². The second kappa shape index (κ2) is 8.67. The number of para-hydroxylation sites is 1. The number of amides is 2. The fourth-order valence-corrected chi connectivity index (χ4v) is 3.91. The summed E-state index contributed by atoms with van der Waals surface area (Å²) in [6, 6.07) is 14.1. The average molecular weight is 425 g/mol. The van der Waals surface area contributed by atoms with Crippen LogP contribution in [0.3, 0.4) is 0 Å². The lowest BCUT2D eigenvalue weighted by atomic mass is 10.2. The molecule has 1 saturated heterocycles. The summed E-state index contributed by atoms with van der Waals surface area (Å²) in [4.78, 5) is 41.2. The van der Waals surface area contributed by atoms with Crippen molar-refractivity contribution >= 4 is 34.3 Å². The minimum absolute atomic E-state index is 0.0409. The van der Waals surface area contributed by atoms with E-state index in [2.05, 4.69) is 5.10 Å². The van der Waals surface area contributed by atoms with Crippen LogP contribution in [-0.4, -0.2) is 57.6 Å². The molecule has 2 heterocycles. The van der Waals surface area contributed by atoms with Crippen LogP contribution in [0.5, 0.6) is 0 Å². The molecule has 0 spiro atoms. The minimum Gasteiger partial charge on any atom is -0.339 e. The Bertz CT molecular complexity index is 1160. The normalized spacial score (nSPS) is 14.6. The molecule has 1 aliphatic rings. The van der Waals surface area contributed by atoms with Crippen molar-refractivity contribution < 1.29 is 9.59 Å². The zero-order chi connectivity index (χ0) is 21.1. The van der Waals surface area contributed by atoms with E-state index in [0.717, 1.165) is 0 Å². The number of hydrogen-bond acceptors (Lipinski definition) is 4. The van der Waals surface area contributed by atoms with Gasteiger partial charge in [0.2, 0.25) is 11.3 Å². The lowest BCUT2D eigenvalue weighted by Gasteiger charge is -2.23. The predicted molar refractivity (Wildman–Crippen MR) is 115 cm³/mol. The number of nitrogens with zero attached hydrogens (tertiary/aromatic N) is 4. The van der Waals surface area contributed by atoms with Crippen molar-refractivity contribution in [3.8, 4) is 0 Å². The van der Waals surface area contributed by atoms with Crippen molar-refractivity contribution in [2.75, 3.05) is 26.2 Å². The first-order valence-electron chi connectivity index (χ1n) is 9.81. The molecule has 2 amide bonds. The van der Waals surface area contributed by atoms with Gasteiger partial charge >= 0.3 is 0 Å². The Kier molecular flexibility index (Phi) is 5.81. The molecule has 154 valence electrons. The highest BCUT2D eigenvalue weighted by Gasteiger charge is 2.24. The molecular weight excluding hydrogens is 404 g/mol. The molecule has 4 rings (SSSR count). The van der Waals surface area contributed by atoms with Crippen molar-refractivity contribution in [3.63, 3.8) is 0 Å². The summed E-state index contributed by atoms with van der Waals surface area (Å²) in [5.74, 6) is -0.216. The first-order chi connectivity index (χ1) is 14.5. The molecule has 0 aliphatic carbocycles. The Morgan fingerprint density at radius 1 is 0.933 bits per heavy atom. The maximum atomic E-state index is 12.9. The molecule has 3 aromatic rings. The molecule has 0 atom stereocenters. The Hall–Kier alpha value is -3.19. The summed E-state index contributed by atoms with van der Waals surface area (Å²) in [6.07, 6.45) is 1.92. The average Bonchev–Trinajstić information content (AvgIpc) is 3.02. The molecule has 30 heavy (non-hydrogen) atoms. The lowest BCUT2D eigenvalue weighted by Crippen LogP contribution is -2.39. The lowest BCUT2D eigenvalue weighted by molar-refractivity contribution is -0.131. The molecule has 1 fully saturated rings. The summed E-state index contributed by atoms with van der Waals surface area (Å²) in [6.45, 7) is 2.04. The standard InChI is InChI=1S/C22H21ClN4O3/c23-18-8-3-1-6-16(18)22(30)26-11-5-10-25(12-13-26)21(29)15-27-19-9-4-2-7-17(19)20(28)14-24-27/h1-4,6-9,14H,5,10-13,15H2. The summed E-state index contributed by atoms with van der Waals surface area (Å²) in [5.41, 5.74) is 0.935. The number of halogens is 1. The largest absolute Gasteiger partial charge is 0.339 e. The number of aromatic nitrogens is 2. The van der Waals surface area contributed by atoms with Gasteiger partial charge in [0.25, 0.3) is 5.91 Å². The Balaban J connectivity index is 1.46. The Labute approximate surface area is 178 Å². The molecule has 0 radical (unpaired) electrons. The fourth-order valence-electron chi connectivity index (χ4n) is 3.69. The number of carbonyl (C=O) groups excluding carboxylic acids is 2. The van der Waals surface area contributed by atoms with Crippen LogP contribution in [0.1, 0.15) is 16.8 Å². The van der Waals surface area contributed by atoms with Gasteiger partial charge in [0.1, 0.15) is 6.54 Å². The van der Waals surface area contributed by atoms with Crippen molar-refractivity contribution in [1.29, 1.82) is 0 Å². The van der Waals surface area contributed by atoms with Crippen LogP contribution in [0.15, 0.2) is 59.5 Å². The van der Waals surface area contributed by atoms with Crippen LogP contribution in [0.4, 0.5) is 0 Å². The van der Waals surface area contributed by atoms with Gasteiger partial charge in [0.15, 0.2) is 0 Å². The van der Waals surface area contributed by atoms with Crippen LogP contribution in [-0.2, 0) is 11.3 Å². The van der Waals surface area contributed by atoms with E-state index in [4.69, 9.17) is 11.6 Å². The molecule has 2 aromatic carbocycles. The molecule has 0 unspecified atom stereocenters. The van der Waals surface area contributed by atoms with Crippen molar-refractivity contribution in [2.45, 2.75) is 13.0 Å². The van der Waals surface area contributed by atoms with E-state index in [1.54, 1.807) is 56.9 Å². The monoisotopic (exact) mass is 424 g/mol. The van der Waals surface area contributed by atoms with Crippen molar-refractivity contribution in [3.05, 3.63) is 75.5 Å². The third kappa shape index (κ3) is 4.07. The SMILES string of the molecule is O=C(Cn1ncc(=O)c2ccccc21)N1CCCN(C(=O)c2ccccc2Cl)CC1. The molecule has 0 N–H and O–H groups in total. The summed E-state index contributed by atoms with van der Waals surface area (Å²) < 4.78 is 1.55. The van der Waals surface area contributed by atoms with E-state index in [1.807, 2.05) is 6.07 Å². The van der Waals surface area contributed by atoms with E-state index >= 15 is 0 Å². The first-order valence-corrected chi connectivity index (χ1v) is 10.2. The van der Waals surface area contributed by atoms with Gasteiger partial charge in [-0.25, -0.2) is 0 Å². The van der Waals surface area contributed by atoms with E-state index < -0.39 is 0 Å². The van der Waals surface area contributed by atoms with Gasteiger partial charge < -0.3 is 9.80 Å². The van der Waals surface area contributed by atoms with Gasteiger partial charge in [0, 0.05) is 31.6 Å². The number of hydrogen-bond donors (Lipinski definition) is 0. The number of carbonyl (C=O) groups is 2. The second-order valence-corrected chi connectivity index (χ2v) is 7.60. The minimum atomic E-state index is -0.169. The highest BCUT2D eigenvalue weighted by Crippen LogP contribution is 2.18. The molecule has 0 bridgehead atoms. The summed E-state index contributed by atoms with van der Waals surface area (Å²) in [7, 11) is 0. The van der Waals surface area contributed by atoms with E-state index in [9.17, 15) is 14.4 Å². The Morgan fingerprint density at radius 2 is 1.63 bits per heavy atom. The van der Waals surface area contributed by atoms with Gasteiger partial charge in [-0.05, 0) is 30.7 Å². The summed E-state index contributed by atoms with van der Waals surface area (Å²) in [5, 5.41) is 5.10. The Morgan fingerprint density at radius 3 is 2.47 bits per heavy atom. The van der Waals surface area contributed by atoms with Crippen LogP contribution < -0.4 is 5.43 Å². The fraction of sp³-hybridized carbons (Fsp3) is 0.273. The zero-order valence-electron chi connectivity index (χ0n) is 16.3. The van der Waals surface area contributed by atoms with Gasteiger partial charge in [0.05, 0.1) is 22.3 Å². The molecule has 7 nitrogen and oxygen atoms in total. The van der Waals surface area contributed by atoms with Gasteiger partial charge in [-0.2, -0.15) is 5.10 Å². The quantitative estimate of drug-likeness (QED) is 0.647. The maximum absolute atomic E-state index is 12.9. The van der Waals surface area contributed by atoms with Gasteiger partial charge in [-0.15, -0.1) is 0 Å². The molecule has 8 heteroatoms. The van der Waals surface area contributed by atoms with Gasteiger partial charge in [-0.3, -0.25) is 19.1 Å². The van der Waals surface area contributed by atoms with E-state index in [-0.39, 0.29) is 23.8 Å². The van der Waals surface area contributed by atoms with Crippen molar-refractivity contribution in [1.82, 2.24) is 19.6 Å². The summed E-state index contributed by atoms with van der Waals surface area (Å²) >= 11 is 6.16. The van der Waals surface area contributed by atoms with Gasteiger partial charge in [-0.1, -0.05) is 35.9 Å². The third-order valence-corrected chi connectivity index (χ3v) is 5.62. The maximum Gasteiger partial charge on any atom is 0.255 e. The molecular formula is C22H21ClN4O3.